The third-order valence-corrected chi connectivity index (χ3v) is 4.07. The standard InChI is InChI=1S/C22H18F3NO2/c23-22(24,25)17-5-1-3-15(11-17)12-19(27)13-16-4-2-6-21(14-16)28-20-9-7-18(26)8-10-20/h1-11,14H,12-13,26H2. The summed E-state index contributed by atoms with van der Waals surface area (Å²) in [5.74, 6) is 1.000. The normalized spacial score (nSPS) is 11.2. The summed E-state index contributed by atoms with van der Waals surface area (Å²) in [6, 6.07) is 18.8. The zero-order chi connectivity index (χ0) is 20.1. The number of benzene rings is 3. The van der Waals surface area contributed by atoms with Crippen LogP contribution in [0.4, 0.5) is 18.9 Å². The summed E-state index contributed by atoms with van der Waals surface area (Å²) in [7, 11) is 0. The maximum absolute atomic E-state index is 12.8. The van der Waals surface area contributed by atoms with Crippen molar-refractivity contribution in [2.24, 2.45) is 0 Å². The van der Waals surface area contributed by atoms with Crippen LogP contribution in [0, 0.1) is 0 Å². The summed E-state index contributed by atoms with van der Waals surface area (Å²) >= 11 is 0. The highest BCUT2D eigenvalue weighted by atomic mass is 19.4. The third-order valence-electron chi connectivity index (χ3n) is 4.07. The Kier molecular flexibility index (Phi) is 5.68. The van der Waals surface area contributed by atoms with Crippen molar-refractivity contribution in [3.63, 3.8) is 0 Å². The number of ether oxygens (including phenoxy) is 1. The summed E-state index contributed by atoms with van der Waals surface area (Å²) in [4.78, 5) is 12.3. The largest absolute Gasteiger partial charge is 0.457 e. The second kappa shape index (κ2) is 8.17. The van der Waals surface area contributed by atoms with Gasteiger partial charge in [0.1, 0.15) is 17.3 Å². The molecule has 0 aromatic heterocycles. The summed E-state index contributed by atoms with van der Waals surface area (Å²) in [5.41, 5.74) is 6.58. The molecule has 0 atom stereocenters. The number of nitrogens with two attached hydrogens (primary N) is 1. The molecule has 3 aromatic carbocycles. The number of hydrogen-bond donors (Lipinski definition) is 1. The smallest absolute Gasteiger partial charge is 0.416 e. The predicted molar refractivity (Wildman–Crippen MR) is 101 cm³/mol. The highest BCUT2D eigenvalue weighted by molar-refractivity contribution is 5.83. The van der Waals surface area contributed by atoms with E-state index in [4.69, 9.17) is 10.5 Å². The van der Waals surface area contributed by atoms with E-state index in [0.29, 0.717) is 22.7 Å². The summed E-state index contributed by atoms with van der Waals surface area (Å²) in [6.07, 6.45) is -4.38. The van der Waals surface area contributed by atoms with E-state index in [-0.39, 0.29) is 18.6 Å². The predicted octanol–water partition coefficient (Wildman–Crippen LogP) is 5.43. The van der Waals surface area contributed by atoms with E-state index < -0.39 is 11.7 Å². The Balaban J connectivity index is 1.65. The first-order chi connectivity index (χ1) is 13.3. The molecule has 0 aliphatic carbocycles. The number of rotatable bonds is 6. The molecule has 0 heterocycles. The van der Waals surface area contributed by atoms with Crippen molar-refractivity contribution in [2.75, 3.05) is 5.73 Å². The van der Waals surface area contributed by atoms with Crippen molar-refractivity contribution >= 4 is 11.5 Å². The first kappa shape index (κ1) is 19.5. The number of alkyl halides is 3. The number of hydrogen-bond acceptors (Lipinski definition) is 3. The minimum atomic E-state index is -4.42. The van der Waals surface area contributed by atoms with E-state index in [1.807, 2.05) is 0 Å². The van der Waals surface area contributed by atoms with E-state index in [2.05, 4.69) is 0 Å². The van der Waals surface area contributed by atoms with Crippen LogP contribution in [-0.2, 0) is 23.8 Å². The molecule has 3 nitrogen and oxygen atoms in total. The summed E-state index contributed by atoms with van der Waals surface area (Å²) in [5, 5.41) is 0. The van der Waals surface area contributed by atoms with Gasteiger partial charge in [0.25, 0.3) is 0 Å². The van der Waals surface area contributed by atoms with Gasteiger partial charge in [0.2, 0.25) is 0 Å². The molecule has 0 unspecified atom stereocenters. The molecule has 0 saturated carbocycles. The molecular weight excluding hydrogens is 367 g/mol. The quantitative estimate of drug-likeness (QED) is 0.575. The lowest BCUT2D eigenvalue weighted by atomic mass is 10.0. The van der Waals surface area contributed by atoms with Gasteiger partial charge in [-0.1, -0.05) is 30.3 Å². The lowest BCUT2D eigenvalue weighted by molar-refractivity contribution is -0.137. The zero-order valence-electron chi connectivity index (χ0n) is 14.9. The minimum absolute atomic E-state index is 0.0625. The second-order valence-electron chi connectivity index (χ2n) is 6.41. The molecule has 0 amide bonds. The van der Waals surface area contributed by atoms with E-state index in [9.17, 15) is 18.0 Å². The van der Waals surface area contributed by atoms with Gasteiger partial charge in [-0.25, -0.2) is 0 Å². The molecule has 0 radical (unpaired) electrons. The maximum atomic E-state index is 12.8. The molecule has 3 rings (SSSR count). The summed E-state index contributed by atoms with van der Waals surface area (Å²) in [6.45, 7) is 0. The number of carbonyl (C=O) groups is 1. The van der Waals surface area contributed by atoms with Crippen molar-refractivity contribution in [2.45, 2.75) is 19.0 Å². The number of carbonyl (C=O) groups excluding carboxylic acids is 1. The van der Waals surface area contributed by atoms with Crippen molar-refractivity contribution < 1.29 is 22.7 Å². The molecule has 144 valence electrons. The van der Waals surface area contributed by atoms with Gasteiger partial charge < -0.3 is 10.5 Å². The van der Waals surface area contributed by atoms with Crippen LogP contribution in [0.2, 0.25) is 0 Å². The molecule has 0 spiro atoms. The number of nitrogen functional groups attached to an aromatic ring is 1. The van der Waals surface area contributed by atoms with Crippen molar-refractivity contribution in [3.8, 4) is 11.5 Å². The first-order valence-corrected chi connectivity index (χ1v) is 8.60. The van der Waals surface area contributed by atoms with Gasteiger partial charge in [0.05, 0.1) is 5.56 Å². The Labute approximate surface area is 160 Å². The Morgan fingerprint density at radius 2 is 1.43 bits per heavy atom. The molecule has 2 N–H and O–H groups in total. The SMILES string of the molecule is Nc1ccc(Oc2cccc(CC(=O)Cc3cccc(C(F)(F)F)c3)c2)cc1. The Bertz CT molecular complexity index is 966. The Hall–Kier alpha value is -3.28. The monoisotopic (exact) mass is 385 g/mol. The van der Waals surface area contributed by atoms with E-state index in [0.717, 1.165) is 17.7 Å². The van der Waals surface area contributed by atoms with Crippen LogP contribution in [0.25, 0.3) is 0 Å². The summed E-state index contributed by atoms with van der Waals surface area (Å²) < 4.78 is 44.1. The van der Waals surface area contributed by atoms with Crippen LogP contribution < -0.4 is 10.5 Å². The molecule has 0 saturated heterocycles. The Morgan fingerprint density at radius 1 is 0.821 bits per heavy atom. The number of anilines is 1. The van der Waals surface area contributed by atoms with Gasteiger partial charge in [-0.3, -0.25) is 4.79 Å². The highest BCUT2D eigenvalue weighted by Gasteiger charge is 2.30. The molecule has 28 heavy (non-hydrogen) atoms. The van der Waals surface area contributed by atoms with Crippen LogP contribution in [-0.4, -0.2) is 5.78 Å². The van der Waals surface area contributed by atoms with E-state index >= 15 is 0 Å². The average molecular weight is 385 g/mol. The Morgan fingerprint density at radius 3 is 2.07 bits per heavy atom. The maximum Gasteiger partial charge on any atom is 0.416 e. The number of ketones is 1. The van der Waals surface area contributed by atoms with Gasteiger partial charge in [-0.2, -0.15) is 13.2 Å². The van der Waals surface area contributed by atoms with Crippen LogP contribution >= 0.6 is 0 Å². The van der Waals surface area contributed by atoms with Crippen LogP contribution in [0.1, 0.15) is 16.7 Å². The highest BCUT2D eigenvalue weighted by Crippen LogP contribution is 2.29. The average Bonchev–Trinajstić information content (AvgIpc) is 2.63. The van der Waals surface area contributed by atoms with Crippen molar-refractivity contribution in [3.05, 3.63) is 89.5 Å². The molecule has 0 aliphatic rings. The van der Waals surface area contributed by atoms with Gasteiger partial charge in [0, 0.05) is 18.5 Å². The molecule has 3 aromatic rings. The molecule has 0 fully saturated rings. The number of halogens is 3. The molecule has 0 bridgehead atoms. The van der Waals surface area contributed by atoms with Gasteiger partial charge in [0.15, 0.2) is 0 Å². The molecule has 0 aliphatic heterocycles. The third kappa shape index (κ3) is 5.36. The van der Waals surface area contributed by atoms with Crippen molar-refractivity contribution in [1.82, 2.24) is 0 Å². The van der Waals surface area contributed by atoms with E-state index in [1.54, 1.807) is 48.5 Å². The molecule has 6 heteroatoms. The lowest BCUT2D eigenvalue weighted by Gasteiger charge is -2.09. The second-order valence-corrected chi connectivity index (χ2v) is 6.41. The van der Waals surface area contributed by atoms with Gasteiger partial charge in [-0.05, 0) is 53.6 Å². The zero-order valence-corrected chi connectivity index (χ0v) is 14.9. The van der Waals surface area contributed by atoms with Crippen LogP contribution in [0.3, 0.4) is 0 Å². The van der Waals surface area contributed by atoms with E-state index in [1.165, 1.54) is 12.1 Å². The van der Waals surface area contributed by atoms with Crippen LogP contribution in [0.15, 0.2) is 72.8 Å². The molecular formula is C22H18F3NO2. The van der Waals surface area contributed by atoms with Gasteiger partial charge in [-0.15, -0.1) is 0 Å². The fourth-order valence-corrected chi connectivity index (χ4v) is 2.77. The topological polar surface area (TPSA) is 52.3 Å². The van der Waals surface area contributed by atoms with Gasteiger partial charge >= 0.3 is 6.18 Å². The minimum Gasteiger partial charge on any atom is -0.457 e. The fourth-order valence-electron chi connectivity index (χ4n) is 2.77. The van der Waals surface area contributed by atoms with Crippen molar-refractivity contribution in [1.29, 1.82) is 0 Å². The first-order valence-electron chi connectivity index (χ1n) is 8.60. The fraction of sp³-hybridized carbons (Fsp3) is 0.136. The van der Waals surface area contributed by atoms with Crippen LogP contribution in [0.5, 0.6) is 11.5 Å². The number of Topliss-reactive ketones (excluding diaryl/α,β-unsaturated/α-hetero) is 1. The lowest BCUT2D eigenvalue weighted by Crippen LogP contribution is -2.09.